The molecule has 0 spiro atoms. The van der Waals surface area contributed by atoms with Crippen molar-refractivity contribution in [1.82, 2.24) is 0 Å². The molecule has 5 heteroatoms. The highest BCUT2D eigenvalue weighted by Gasteiger charge is 2.38. The number of benzene rings is 1. The van der Waals surface area contributed by atoms with E-state index < -0.39 is 17.5 Å². The predicted octanol–water partition coefficient (Wildman–Crippen LogP) is 3.20. The highest BCUT2D eigenvalue weighted by molar-refractivity contribution is 6.52. The van der Waals surface area contributed by atoms with Crippen molar-refractivity contribution in [1.29, 1.82) is 0 Å². The Morgan fingerprint density at radius 1 is 1.26 bits per heavy atom. The molecule has 0 saturated heterocycles. The Balaban J connectivity index is 1.96. The van der Waals surface area contributed by atoms with Gasteiger partial charge in [0.1, 0.15) is 5.82 Å². The fraction of sp³-hybridized carbons (Fsp3) is 0.429. The van der Waals surface area contributed by atoms with Gasteiger partial charge < -0.3 is 4.90 Å². The molecule has 1 aliphatic carbocycles. The van der Waals surface area contributed by atoms with Gasteiger partial charge in [-0.2, -0.15) is 0 Å². The minimum Gasteiger partial charge on any atom is -0.304 e. The van der Waals surface area contributed by atoms with Crippen molar-refractivity contribution in [3.63, 3.8) is 0 Å². The van der Waals surface area contributed by atoms with E-state index in [1.807, 2.05) is 0 Å². The van der Waals surface area contributed by atoms with Crippen molar-refractivity contribution >= 4 is 29.0 Å². The van der Waals surface area contributed by atoms with Gasteiger partial charge in [-0.3, -0.25) is 9.59 Å². The average molecular weight is 282 g/mol. The van der Waals surface area contributed by atoms with Gasteiger partial charge in [0.05, 0.1) is 16.3 Å². The van der Waals surface area contributed by atoms with Crippen LogP contribution in [0.25, 0.3) is 0 Å². The SMILES string of the molecule is O=C1C(=O)N(CC2CCCC2)c2cc(F)c(Cl)cc21. The molecule has 2 aliphatic rings. The maximum Gasteiger partial charge on any atom is 0.299 e. The van der Waals surface area contributed by atoms with E-state index in [1.165, 1.54) is 17.0 Å². The van der Waals surface area contributed by atoms with E-state index in [-0.39, 0.29) is 10.6 Å². The fourth-order valence-electron chi connectivity index (χ4n) is 2.92. The molecule has 1 aromatic carbocycles. The van der Waals surface area contributed by atoms with Crippen LogP contribution >= 0.6 is 11.6 Å². The van der Waals surface area contributed by atoms with E-state index >= 15 is 0 Å². The van der Waals surface area contributed by atoms with E-state index in [0.29, 0.717) is 18.2 Å². The number of hydrogen-bond donors (Lipinski definition) is 0. The fourth-order valence-corrected chi connectivity index (χ4v) is 3.08. The summed E-state index contributed by atoms with van der Waals surface area (Å²) in [6.07, 6.45) is 4.43. The van der Waals surface area contributed by atoms with E-state index in [1.54, 1.807) is 0 Å². The van der Waals surface area contributed by atoms with Crippen molar-refractivity contribution in [2.45, 2.75) is 25.7 Å². The average Bonchev–Trinajstić information content (AvgIpc) is 2.96. The second kappa shape index (κ2) is 4.60. The first-order valence-electron chi connectivity index (χ1n) is 6.43. The zero-order valence-electron chi connectivity index (χ0n) is 10.3. The maximum atomic E-state index is 13.5. The van der Waals surface area contributed by atoms with E-state index in [4.69, 9.17) is 11.6 Å². The van der Waals surface area contributed by atoms with Gasteiger partial charge in [-0.1, -0.05) is 24.4 Å². The Hall–Kier alpha value is -1.42. The monoisotopic (exact) mass is 281 g/mol. The van der Waals surface area contributed by atoms with Crippen molar-refractivity contribution < 1.29 is 14.0 Å². The Bertz CT molecular complexity index is 567. The molecule has 1 saturated carbocycles. The van der Waals surface area contributed by atoms with E-state index in [0.717, 1.165) is 25.7 Å². The standard InChI is InChI=1S/C14H13ClFNO2/c15-10-5-9-12(6-11(10)16)17(14(19)13(9)18)7-8-3-1-2-4-8/h5-6,8H,1-4,7H2. The Morgan fingerprint density at radius 3 is 2.63 bits per heavy atom. The molecule has 19 heavy (non-hydrogen) atoms. The lowest BCUT2D eigenvalue weighted by molar-refractivity contribution is -0.114. The van der Waals surface area contributed by atoms with Crippen molar-refractivity contribution in [2.75, 3.05) is 11.4 Å². The molecule has 1 heterocycles. The van der Waals surface area contributed by atoms with Crippen LogP contribution in [-0.4, -0.2) is 18.2 Å². The highest BCUT2D eigenvalue weighted by atomic mass is 35.5. The molecule has 1 fully saturated rings. The molecule has 1 amide bonds. The lowest BCUT2D eigenvalue weighted by Crippen LogP contribution is -2.33. The third-order valence-electron chi connectivity index (χ3n) is 3.93. The van der Waals surface area contributed by atoms with E-state index in [9.17, 15) is 14.0 Å². The number of rotatable bonds is 2. The number of carbonyl (C=O) groups is 2. The van der Waals surface area contributed by atoms with Gasteiger partial charge >= 0.3 is 0 Å². The summed E-state index contributed by atoms with van der Waals surface area (Å²) < 4.78 is 13.5. The summed E-state index contributed by atoms with van der Waals surface area (Å²) in [7, 11) is 0. The summed E-state index contributed by atoms with van der Waals surface area (Å²) >= 11 is 5.67. The van der Waals surface area contributed by atoms with Gasteiger partial charge in [-0.15, -0.1) is 0 Å². The summed E-state index contributed by atoms with van der Waals surface area (Å²) in [4.78, 5) is 25.3. The lowest BCUT2D eigenvalue weighted by atomic mass is 10.1. The predicted molar refractivity (Wildman–Crippen MR) is 70.1 cm³/mol. The minimum absolute atomic E-state index is 0.123. The number of nitrogens with zero attached hydrogens (tertiary/aromatic N) is 1. The zero-order valence-corrected chi connectivity index (χ0v) is 11.0. The van der Waals surface area contributed by atoms with Gasteiger partial charge in [0.25, 0.3) is 11.7 Å². The second-order valence-corrected chi connectivity index (χ2v) is 5.59. The topological polar surface area (TPSA) is 37.4 Å². The molecule has 3 rings (SSSR count). The second-order valence-electron chi connectivity index (χ2n) is 5.18. The Labute approximate surface area is 115 Å². The number of Topliss-reactive ketones (excluding diaryl/α,β-unsaturated/α-hetero) is 1. The summed E-state index contributed by atoms with van der Waals surface area (Å²) in [5.74, 6) is -1.35. The van der Waals surface area contributed by atoms with Crippen molar-refractivity contribution in [2.24, 2.45) is 5.92 Å². The molecule has 0 N–H and O–H groups in total. The molecule has 0 atom stereocenters. The molecule has 3 nitrogen and oxygen atoms in total. The molecular formula is C14H13ClFNO2. The van der Waals surface area contributed by atoms with Crippen LogP contribution in [0.2, 0.25) is 5.02 Å². The van der Waals surface area contributed by atoms with Crippen molar-refractivity contribution in [3.05, 3.63) is 28.5 Å². The van der Waals surface area contributed by atoms with Crippen LogP contribution in [-0.2, 0) is 4.79 Å². The number of halogens is 2. The Morgan fingerprint density at radius 2 is 1.95 bits per heavy atom. The first-order chi connectivity index (χ1) is 9.08. The summed E-state index contributed by atoms with van der Waals surface area (Å²) in [5.41, 5.74) is 0.582. The van der Waals surface area contributed by atoms with Gasteiger partial charge in [0.15, 0.2) is 0 Å². The van der Waals surface area contributed by atoms with Crippen molar-refractivity contribution in [3.8, 4) is 0 Å². The Kier molecular flexibility index (Phi) is 3.05. The third-order valence-corrected chi connectivity index (χ3v) is 4.22. The number of carbonyl (C=O) groups excluding carboxylic acids is 2. The molecule has 1 aromatic rings. The lowest BCUT2D eigenvalue weighted by Gasteiger charge is -2.20. The van der Waals surface area contributed by atoms with Crippen LogP contribution in [0.1, 0.15) is 36.0 Å². The summed E-state index contributed by atoms with van der Waals surface area (Å²) in [6, 6.07) is 2.44. The van der Waals surface area contributed by atoms with Crippen LogP contribution < -0.4 is 4.90 Å². The molecule has 100 valence electrons. The van der Waals surface area contributed by atoms with Crippen LogP contribution in [0.3, 0.4) is 0 Å². The summed E-state index contributed by atoms with van der Waals surface area (Å²) in [5, 5.41) is -0.123. The van der Waals surface area contributed by atoms with Gasteiger partial charge in [-0.25, -0.2) is 4.39 Å². The first-order valence-corrected chi connectivity index (χ1v) is 6.81. The number of anilines is 1. The summed E-state index contributed by atoms with van der Waals surface area (Å²) in [6.45, 7) is 0.499. The number of amides is 1. The van der Waals surface area contributed by atoms with Gasteiger partial charge in [0.2, 0.25) is 0 Å². The van der Waals surface area contributed by atoms with Gasteiger partial charge in [0, 0.05) is 6.54 Å². The van der Waals surface area contributed by atoms with Crippen LogP contribution in [0.15, 0.2) is 12.1 Å². The molecule has 1 aliphatic heterocycles. The number of hydrogen-bond acceptors (Lipinski definition) is 2. The minimum atomic E-state index is -0.598. The maximum absolute atomic E-state index is 13.5. The molecule has 0 radical (unpaired) electrons. The van der Waals surface area contributed by atoms with Crippen LogP contribution in [0.5, 0.6) is 0 Å². The van der Waals surface area contributed by atoms with Crippen LogP contribution in [0, 0.1) is 11.7 Å². The smallest absolute Gasteiger partial charge is 0.299 e. The molecule has 0 aromatic heterocycles. The highest BCUT2D eigenvalue weighted by Crippen LogP contribution is 2.35. The number of ketones is 1. The molecule has 0 unspecified atom stereocenters. The first kappa shape index (κ1) is 12.6. The zero-order chi connectivity index (χ0) is 13.6. The molecular weight excluding hydrogens is 269 g/mol. The van der Waals surface area contributed by atoms with Gasteiger partial charge in [-0.05, 0) is 30.9 Å². The number of fused-ring (bicyclic) bond motifs is 1. The quantitative estimate of drug-likeness (QED) is 0.781. The van der Waals surface area contributed by atoms with Crippen LogP contribution in [0.4, 0.5) is 10.1 Å². The third kappa shape index (κ3) is 2.04. The largest absolute Gasteiger partial charge is 0.304 e. The molecule has 0 bridgehead atoms. The normalized spacial score (nSPS) is 19.4. The van der Waals surface area contributed by atoms with E-state index in [2.05, 4.69) is 0 Å².